The smallest absolute Gasteiger partial charge is 0.268 e. The molecule has 27 heavy (non-hydrogen) atoms. The molecular weight excluding hydrogens is 372 g/mol. The minimum absolute atomic E-state index is 0.0269. The normalized spacial score (nSPS) is 11.0. The Morgan fingerprint density at radius 1 is 1.11 bits per heavy atom. The van der Waals surface area contributed by atoms with Crippen LogP contribution in [0.15, 0.2) is 83.3 Å². The van der Waals surface area contributed by atoms with E-state index in [0.717, 1.165) is 26.5 Å². The van der Waals surface area contributed by atoms with Gasteiger partial charge in [-0.25, -0.2) is 4.98 Å². The summed E-state index contributed by atoms with van der Waals surface area (Å²) in [5.74, 6) is 0.695. The van der Waals surface area contributed by atoms with Gasteiger partial charge < -0.3 is 0 Å². The van der Waals surface area contributed by atoms with Gasteiger partial charge in [0.15, 0.2) is 5.16 Å². The summed E-state index contributed by atoms with van der Waals surface area (Å²) in [5.41, 5.74) is 2.83. The highest BCUT2D eigenvalue weighted by atomic mass is 32.2. The second kappa shape index (κ2) is 7.55. The zero-order valence-electron chi connectivity index (χ0n) is 14.9. The zero-order valence-corrected chi connectivity index (χ0v) is 16.5. The number of fused-ring (bicyclic) bond motifs is 1. The fraction of sp³-hybridized carbons (Fsp3) is 0.0909. The van der Waals surface area contributed by atoms with Gasteiger partial charge in [0.2, 0.25) is 0 Å². The van der Waals surface area contributed by atoms with Crippen molar-refractivity contribution in [1.82, 2.24) is 9.55 Å². The summed E-state index contributed by atoms with van der Waals surface area (Å²) in [6, 6.07) is 19.8. The molecule has 0 N–H and O–H groups in total. The van der Waals surface area contributed by atoms with Gasteiger partial charge >= 0.3 is 0 Å². The number of hydrogen-bond donors (Lipinski definition) is 0. The molecule has 134 valence electrons. The van der Waals surface area contributed by atoms with Crippen molar-refractivity contribution in [1.29, 1.82) is 0 Å². The lowest BCUT2D eigenvalue weighted by atomic mass is 10.0. The van der Waals surface area contributed by atoms with Crippen LogP contribution < -0.4 is 5.56 Å². The highest BCUT2D eigenvalue weighted by molar-refractivity contribution is 7.99. The van der Waals surface area contributed by atoms with E-state index in [9.17, 15) is 4.79 Å². The molecule has 0 aliphatic carbocycles. The number of thiophene rings is 1. The summed E-state index contributed by atoms with van der Waals surface area (Å²) in [4.78, 5) is 20.4. The fourth-order valence-corrected chi connectivity index (χ4v) is 4.96. The van der Waals surface area contributed by atoms with Crippen LogP contribution in [0.4, 0.5) is 0 Å². The molecule has 0 amide bonds. The van der Waals surface area contributed by atoms with Gasteiger partial charge in [-0.3, -0.25) is 9.36 Å². The molecule has 5 heteroatoms. The van der Waals surface area contributed by atoms with Crippen LogP contribution in [0.2, 0.25) is 0 Å². The quantitative estimate of drug-likeness (QED) is 0.249. The number of aryl methyl sites for hydroxylation is 1. The Kier molecular flexibility index (Phi) is 4.97. The van der Waals surface area contributed by atoms with Crippen LogP contribution in [-0.2, 0) is 0 Å². The molecule has 4 aromatic rings. The van der Waals surface area contributed by atoms with Gasteiger partial charge in [-0.05, 0) is 24.6 Å². The minimum Gasteiger partial charge on any atom is -0.268 e. The van der Waals surface area contributed by atoms with Crippen LogP contribution in [0.3, 0.4) is 0 Å². The first-order valence-corrected chi connectivity index (χ1v) is 10.4. The molecule has 2 aromatic heterocycles. The fourth-order valence-electron chi connectivity index (χ4n) is 3.13. The van der Waals surface area contributed by atoms with Crippen molar-refractivity contribution >= 4 is 33.3 Å². The van der Waals surface area contributed by atoms with E-state index < -0.39 is 0 Å². The Morgan fingerprint density at radius 2 is 1.78 bits per heavy atom. The van der Waals surface area contributed by atoms with Crippen LogP contribution in [0, 0.1) is 6.92 Å². The average Bonchev–Trinajstić information content (AvgIpc) is 3.04. The van der Waals surface area contributed by atoms with Crippen molar-refractivity contribution < 1.29 is 0 Å². The lowest BCUT2D eigenvalue weighted by molar-refractivity contribution is 0.824. The molecule has 0 bridgehead atoms. The maximum absolute atomic E-state index is 13.6. The molecular formula is C22H18N2OS2. The molecule has 0 aliphatic heterocycles. The third kappa shape index (κ3) is 3.24. The van der Waals surface area contributed by atoms with E-state index in [1.54, 1.807) is 15.9 Å². The summed E-state index contributed by atoms with van der Waals surface area (Å²) in [7, 11) is 0. The van der Waals surface area contributed by atoms with Gasteiger partial charge in [0, 0.05) is 16.2 Å². The molecule has 4 rings (SSSR count). The zero-order chi connectivity index (χ0) is 18.8. The Hall–Kier alpha value is -2.63. The van der Waals surface area contributed by atoms with E-state index >= 15 is 0 Å². The van der Waals surface area contributed by atoms with Crippen LogP contribution in [0.25, 0.3) is 27.0 Å². The number of aromatic nitrogens is 2. The standard InChI is InChI=1S/C22H18N2OS2/c1-3-14-26-22-23-20-19(21(25)24(22)17-12-8-5-9-13-17)18(15(2)27-20)16-10-6-4-7-11-16/h3-13H,1,14H2,2H3. The first-order valence-electron chi connectivity index (χ1n) is 8.61. The summed E-state index contributed by atoms with van der Waals surface area (Å²) in [5, 5.41) is 1.38. The van der Waals surface area contributed by atoms with Crippen LogP contribution in [0.1, 0.15) is 4.88 Å². The molecule has 0 saturated carbocycles. The average molecular weight is 391 g/mol. The van der Waals surface area contributed by atoms with Crippen molar-refractivity contribution in [2.24, 2.45) is 0 Å². The number of benzene rings is 2. The maximum Gasteiger partial charge on any atom is 0.268 e. The number of nitrogens with zero attached hydrogens (tertiary/aromatic N) is 2. The van der Waals surface area contributed by atoms with Crippen molar-refractivity contribution in [3.05, 3.63) is 88.5 Å². The lowest BCUT2D eigenvalue weighted by Crippen LogP contribution is -2.21. The summed E-state index contributed by atoms with van der Waals surface area (Å²) < 4.78 is 1.72. The highest BCUT2D eigenvalue weighted by Gasteiger charge is 2.20. The molecule has 0 saturated heterocycles. The van der Waals surface area contributed by atoms with Gasteiger partial charge in [0.05, 0.1) is 11.1 Å². The topological polar surface area (TPSA) is 34.9 Å². The minimum atomic E-state index is -0.0269. The second-order valence-corrected chi connectivity index (χ2v) is 8.24. The Bertz CT molecular complexity index is 1160. The van der Waals surface area contributed by atoms with Crippen molar-refractivity contribution in [3.8, 4) is 16.8 Å². The van der Waals surface area contributed by atoms with Crippen LogP contribution >= 0.6 is 23.1 Å². The monoisotopic (exact) mass is 390 g/mol. The lowest BCUT2D eigenvalue weighted by Gasteiger charge is -2.12. The second-order valence-electron chi connectivity index (χ2n) is 6.05. The number of para-hydroxylation sites is 1. The first kappa shape index (κ1) is 17.8. The molecule has 0 spiro atoms. The third-order valence-corrected chi connectivity index (χ3v) is 6.21. The number of hydrogen-bond acceptors (Lipinski definition) is 4. The summed E-state index contributed by atoms with van der Waals surface area (Å²) in [6.07, 6.45) is 1.82. The highest BCUT2D eigenvalue weighted by Crippen LogP contribution is 2.36. The number of rotatable bonds is 5. The van der Waals surface area contributed by atoms with E-state index in [2.05, 4.69) is 13.5 Å². The SMILES string of the molecule is C=CCSc1nc2sc(C)c(-c3ccccc3)c2c(=O)n1-c1ccccc1. The van der Waals surface area contributed by atoms with Gasteiger partial charge in [-0.2, -0.15) is 0 Å². The predicted molar refractivity (Wildman–Crippen MR) is 116 cm³/mol. The van der Waals surface area contributed by atoms with E-state index in [4.69, 9.17) is 4.98 Å². The molecule has 0 fully saturated rings. The van der Waals surface area contributed by atoms with Gasteiger partial charge in [0.1, 0.15) is 4.83 Å². The van der Waals surface area contributed by atoms with Crippen LogP contribution in [-0.4, -0.2) is 15.3 Å². The Labute approximate surface area is 166 Å². The molecule has 2 aromatic carbocycles. The summed E-state index contributed by atoms with van der Waals surface area (Å²) in [6.45, 7) is 5.84. The largest absolute Gasteiger partial charge is 0.268 e. The molecule has 2 heterocycles. The molecule has 0 radical (unpaired) electrons. The van der Waals surface area contributed by atoms with E-state index in [1.807, 2.05) is 66.7 Å². The molecule has 3 nitrogen and oxygen atoms in total. The predicted octanol–water partition coefficient (Wildman–Crippen LogP) is 5.70. The van der Waals surface area contributed by atoms with Gasteiger partial charge in [-0.1, -0.05) is 66.4 Å². The number of thioether (sulfide) groups is 1. The summed E-state index contributed by atoms with van der Waals surface area (Å²) >= 11 is 3.10. The first-order chi connectivity index (χ1) is 13.2. The van der Waals surface area contributed by atoms with Gasteiger partial charge in [0.25, 0.3) is 5.56 Å². The van der Waals surface area contributed by atoms with Crippen LogP contribution in [0.5, 0.6) is 0 Å². The third-order valence-electron chi connectivity index (χ3n) is 4.28. The maximum atomic E-state index is 13.6. The Morgan fingerprint density at radius 3 is 2.44 bits per heavy atom. The van der Waals surface area contributed by atoms with Crippen molar-refractivity contribution in [2.75, 3.05) is 5.75 Å². The Balaban J connectivity index is 2.06. The van der Waals surface area contributed by atoms with Gasteiger partial charge in [-0.15, -0.1) is 17.9 Å². The van der Waals surface area contributed by atoms with E-state index in [-0.39, 0.29) is 5.56 Å². The van der Waals surface area contributed by atoms with Crippen molar-refractivity contribution in [3.63, 3.8) is 0 Å². The molecule has 0 aliphatic rings. The van der Waals surface area contributed by atoms with E-state index in [1.165, 1.54) is 11.8 Å². The molecule has 0 atom stereocenters. The van der Waals surface area contributed by atoms with Crippen molar-refractivity contribution in [2.45, 2.75) is 12.1 Å². The van der Waals surface area contributed by atoms with E-state index in [0.29, 0.717) is 16.3 Å². The molecule has 0 unspecified atom stereocenters.